The van der Waals surface area contributed by atoms with Crippen LogP contribution in [-0.2, 0) is 10.0 Å². The second kappa shape index (κ2) is 8.57. The van der Waals surface area contributed by atoms with E-state index in [-0.39, 0.29) is 10.8 Å². The Kier molecular flexibility index (Phi) is 6.35. The lowest BCUT2D eigenvalue weighted by Crippen LogP contribution is -2.36. The van der Waals surface area contributed by atoms with Crippen LogP contribution in [0, 0.1) is 13.8 Å². The summed E-state index contributed by atoms with van der Waals surface area (Å²) >= 11 is 1.45. The van der Waals surface area contributed by atoms with E-state index in [0.29, 0.717) is 11.3 Å². The number of benzene rings is 2. The van der Waals surface area contributed by atoms with Crippen molar-refractivity contribution in [3.05, 3.63) is 53.1 Å². The molecule has 1 aliphatic rings. The molecule has 0 unspecified atom stereocenters. The number of carbonyl (C=O) groups excluding carboxylic acids is 1. The Morgan fingerprint density at radius 3 is 2.29 bits per heavy atom. The minimum absolute atomic E-state index is 0.0897. The third kappa shape index (κ3) is 4.36. The normalized spacial score (nSPS) is 14.8. The number of hydrogen-bond donors (Lipinski definition) is 1. The van der Waals surface area contributed by atoms with Crippen LogP contribution in [0.3, 0.4) is 0 Å². The monoisotopic (exact) mass is 418 g/mol. The van der Waals surface area contributed by atoms with Gasteiger partial charge >= 0.3 is 0 Å². The second-order valence-corrected chi connectivity index (χ2v) is 9.62. The van der Waals surface area contributed by atoms with Crippen molar-refractivity contribution in [2.45, 2.75) is 42.9 Å². The summed E-state index contributed by atoms with van der Waals surface area (Å²) in [6.45, 7) is 5.19. The van der Waals surface area contributed by atoms with Crippen molar-refractivity contribution in [1.29, 1.82) is 0 Å². The Labute approximate surface area is 171 Å². The number of aryl methyl sites for hydroxylation is 2. The fourth-order valence-corrected chi connectivity index (χ4v) is 5.26. The maximum absolute atomic E-state index is 13.0. The van der Waals surface area contributed by atoms with E-state index in [9.17, 15) is 13.2 Å². The molecule has 1 heterocycles. The van der Waals surface area contributed by atoms with Gasteiger partial charge in [0.05, 0.1) is 16.1 Å². The first-order valence-electron chi connectivity index (χ1n) is 9.40. The molecular weight excluding hydrogens is 392 g/mol. The summed E-state index contributed by atoms with van der Waals surface area (Å²) in [5, 5.41) is 0. The molecule has 0 saturated carbocycles. The molecule has 0 aromatic heterocycles. The molecule has 1 saturated heterocycles. The van der Waals surface area contributed by atoms with E-state index in [4.69, 9.17) is 0 Å². The average molecular weight is 419 g/mol. The number of amides is 1. The molecule has 3 rings (SSSR count). The van der Waals surface area contributed by atoms with E-state index in [1.165, 1.54) is 17.8 Å². The number of anilines is 1. The summed E-state index contributed by atoms with van der Waals surface area (Å²) in [4.78, 5) is 15.7. The molecular formula is C21H26N2O3S2. The molecule has 0 spiro atoms. The molecule has 0 aliphatic carbocycles. The van der Waals surface area contributed by atoms with Crippen LogP contribution in [-0.4, -0.2) is 38.6 Å². The van der Waals surface area contributed by atoms with Gasteiger partial charge in [0.15, 0.2) is 0 Å². The number of hydrogen-bond acceptors (Lipinski definition) is 4. The highest BCUT2D eigenvalue weighted by molar-refractivity contribution is 7.98. The van der Waals surface area contributed by atoms with Gasteiger partial charge in [-0.15, -0.1) is 11.8 Å². The number of sulfonamides is 1. The average Bonchev–Trinajstić information content (AvgIpc) is 2.70. The number of carbonyl (C=O) groups is 1. The number of nitrogens with zero attached hydrogens (tertiary/aromatic N) is 1. The van der Waals surface area contributed by atoms with Gasteiger partial charge in [0.2, 0.25) is 0 Å². The van der Waals surface area contributed by atoms with Crippen molar-refractivity contribution < 1.29 is 13.2 Å². The molecule has 2 aromatic rings. The zero-order valence-electron chi connectivity index (χ0n) is 16.5. The van der Waals surface area contributed by atoms with Crippen LogP contribution in [0.4, 0.5) is 5.69 Å². The summed E-state index contributed by atoms with van der Waals surface area (Å²) < 4.78 is 28.7. The standard InChI is InChI=1S/C21H26N2O3S2/c1-15-8-7-9-16(2)20(15)22-28(25,26)17-10-11-19(27-3)18(14-17)21(24)23-12-5-4-6-13-23/h7-11,14,22H,4-6,12-13H2,1-3H3. The lowest BCUT2D eigenvalue weighted by molar-refractivity contribution is 0.0720. The van der Waals surface area contributed by atoms with Crippen LogP contribution >= 0.6 is 11.8 Å². The Morgan fingerprint density at radius 2 is 1.68 bits per heavy atom. The fourth-order valence-electron chi connectivity index (χ4n) is 3.46. The summed E-state index contributed by atoms with van der Waals surface area (Å²) in [7, 11) is -3.80. The lowest BCUT2D eigenvalue weighted by atomic mass is 10.1. The van der Waals surface area contributed by atoms with Gasteiger partial charge in [-0.05, 0) is 68.7 Å². The third-order valence-corrected chi connectivity index (χ3v) is 7.22. The quantitative estimate of drug-likeness (QED) is 0.729. The number of piperidine rings is 1. The maximum Gasteiger partial charge on any atom is 0.261 e. The van der Waals surface area contributed by atoms with Gasteiger partial charge in [0.1, 0.15) is 0 Å². The first-order chi connectivity index (χ1) is 13.3. The third-order valence-electron chi connectivity index (χ3n) is 5.07. The zero-order chi connectivity index (χ0) is 20.3. The van der Waals surface area contributed by atoms with Crippen LogP contribution in [0.2, 0.25) is 0 Å². The molecule has 0 bridgehead atoms. The molecule has 1 fully saturated rings. The molecule has 7 heteroatoms. The van der Waals surface area contributed by atoms with E-state index in [1.807, 2.05) is 43.2 Å². The van der Waals surface area contributed by atoms with Gasteiger partial charge in [-0.1, -0.05) is 18.2 Å². The summed E-state index contributed by atoms with van der Waals surface area (Å²) in [6, 6.07) is 10.4. The van der Waals surface area contributed by atoms with E-state index in [0.717, 1.165) is 48.4 Å². The summed E-state index contributed by atoms with van der Waals surface area (Å²) in [5.74, 6) is -0.0897. The largest absolute Gasteiger partial charge is 0.339 e. The van der Waals surface area contributed by atoms with Crippen molar-refractivity contribution in [2.75, 3.05) is 24.1 Å². The minimum atomic E-state index is -3.80. The molecule has 1 aliphatic heterocycles. The van der Waals surface area contributed by atoms with Crippen molar-refractivity contribution in [3.63, 3.8) is 0 Å². The Hall–Kier alpha value is -1.99. The topological polar surface area (TPSA) is 66.5 Å². The Bertz CT molecular complexity index is 961. The van der Waals surface area contributed by atoms with Gasteiger partial charge in [-0.3, -0.25) is 9.52 Å². The number of nitrogens with one attached hydrogen (secondary N) is 1. The van der Waals surface area contributed by atoms with Crippen molar-refractivity contribution in [1.82, 2.24) is 4.90 Å². The minimum Gasteiger partial charge on any atom is -0.339 e. The first-order valence-corrected chi connectivity index (χ1v) is 12.1. The van der Waals surface area contributed by atoms with Crippen molar-refractivity contribution in [3.8, 4) is 0 Å². The molecule has 0 atom stereocenters. The predicted molar refractivity (Wildman–Crippen MR) is 115 cm³/mol. The van der Waals surface area contributed by atoms with Gasteiger partial charge in [-0.25, -0.2) is 8.42 Å². The van der Waals surface area contributed by atoms with Crippen LogP contribution in [0.25, 0.3) is 0 Å². The van der Waals surface area contributed by atoms with Crippen LogP contribution in [0.1, 0.15) is 40.7 Å². The predicted octanol–water partition coefficient (Wildman–Crippen LogP) is 4.45. The smallest absolute Gasteiger partial charge is 0.261 e. The molecule has 1 amide bonds. The molecule has 5 nitrogen and oxygen atoms in total. The molecule has 2 aromatic carbocycles. The molecule has 150 valence electrons. The van der Waals surface area contributed by atoms with Crippen LogP contribution in [0.5, 0.6) is 0 Å². The number of para-hydroxylation sites is 1. The lowest BCUT2D eigenvalue weighted by Gasteiger charge is -2.27. The van der Waals surface area contributed by atoms with E-state index in [2.05, 4.69) is 4.72 Å². The van der Waals surface area contributed by atoms with Crippen LogP contribution < -0.4 is 4.72 Å². The van der Waals surface area contributed by atoms with E-state index < -0.39 is 10.0 Å². The van der Waals surface area contributed by atoms with Gasteiger partial charge in [0.25, 0.3) is 15.9 Å². The van der Waals surface area contributed by atoms with E-state index >= 15 is 0 Å². The molecule has 28 heavy (non-hydrogen) atoms. The fraction of sp³-hybridized carbons (Fsp3) is 0.381. The molecule has 0 radical (unpaired) electrons. The van der Waals surface area contributed by atoms with Gasteiger partial charge in [-0.2, -0.15) is 0 Å². The zero-order valence-corrected chi connectivity index (χ0v) is 18.1. The SMILES string of the molecule is CSc1ccc(S(=O)(=O)Nc2c(C)cccc2C)cc1C(=O)N1CCCCC1. The van der Waals surface area contributed by atoms with Gasteiger partial charge < -0.3 is 4.90 Å². The Morgan fingerprint density at radius 1 is 1.04 bits per heavy atom. The highest BCUT2D eigenvalue weighted by atomic mass is 32.2. The highest BCUT2D eigenvalue weighted by Gasteiger charge is 2.24. The maximum atomic E-state index is 13.0. The highest BCUT2D eigenvalue weighted by Crippen LogP contribution is 2.28. The van der Waals surface area contributed by atoms with E-state index in [1.54, 1.807) is 12.1 Å². The first kappa shape index (κ1) is 20.7. The van der Waals surface area contributed by atoms with Crippen LogP contribution in [0.15, 0.2) is 46.2 Å². The molecule has 1 N–H and O–H groups in total. The number of rotatable bonds is 5. The second-order valence-electron chi connectivity index (χ2n) is 7.09. The number of thioether (sulfide) groups is 1. The summed E-state index contributed by atoms with van der Waals surface area (Å²) in [5.41, 5.74) is 2.75. The Balaban J connectivity index is 1.96. The van der Waals surface area contributed by atoms with Gasteiger partial charge in [0, 0.05) is 18.0 Å². The number of likely N-dealkylation sites (tertiary alicyclic amines) is 1. The van der Waals surface area contributed by atoms with Crippen molar-refractivity contribution >= 4 is 33.4 Å². The summed E-state index contributed by atoms with van der Waals surface area (Å²) in [6.07, 6.45) is 5.01. The van der Waals surface area contributed by atoms with Crippen molar-refractivity contribution in [2.24, 2.45) is 0 Å².